The molecule has 1 N–H and O–H groups in total. The summed E-state index contributed by atoms with van der Waals surface area (Å²) < 4.78 is 1.74. The first-order chi connectivity index (χ1) is 16.5. The molecule has 0 aromatic carbocycles. The van der Waals surface area contributed by atoms with Gasteiger partial charge in [0.05, 0.1) is 17.4 Å². The largest absolute Gasteiger partial charge is 0.356 e. The van der Waals surface area contributed by atoms with Gasteiger partial charge in [-0.05, 0) is 51.2 Å². The second-order valence-corrected chi connectivity index (χ2v) is 8.90. The van der Waals surface area contributed by atoms with E-state index in [-0.39, 0.29) is 5.91 Å². The number of nitrogens with one attached hydrogen (secondary N) is 1. The van der Waals surface area contributed by atoms with Crippen LogP contribution in [-0.2, 0) is 7.05 Å². The first-order valence-electron chi connectivity index (χ1n) is 11.4. The summed E-state index contributed by atoms with van der Waals surface area (Å²) in [4.78, 5) is 31.1. The van der Waals surface area contributed by atoms with Crippen molar-refractivity contribution in [2.24, 2.45) is 7.05 Å². The number of fused-ring (bicyclic) bond motifs is 1. The van der Waals surface area contributed by atoms with Crippen molar-refractivity contribution in [3.8, 4) is 11.3 Å². The second kappa shape index (κ2) is 9.18. The van der Waals surface area contributed by atoms with Gasteiger partial charge >= 0.3 is 0 Å². The number of pyridine rings is 3. The summed E-state index contributed by atoms with van der Waals surface area (Å²) in [6.07, 6.45) is 9.28. The third kappa shape index (κ3) is 4.60. The molecule has 34 heavy (non-hydrogen) atoms. The number of piperidine rings is 1. The van der Waals surface area contributed by atoms with Crippen molar-refractivity contribution in [1.82, 2.24) is 29.6 Å². The molecular weight excluding hydrogens is 428 g/mol. The highest BCUT2D eigenvalue weighted by Gasteiger charge is 2.22. The zero-order chi connectivity index (χ0) is 23.7. The molecule has 1 aliphatic heterocycles. The van der Waals surface area contributed by atoms with Crippen LogP contribution >= 0.6 is 0 Å². The van der Waals surface area contributed by atoms with Gasteiger partial charge < -0.3 is 15.1 Å². The topological polar surface area (TPSA) is 92.1 Å². The summed E-state index contributed by atoms with van der Waals surface area (Å²) in [5.74, 6) is 1.07. The lowest BCUT2D eigenvalue weighted by Gasteiger charge is -2.35. The molecule has 0 radical (unpaired) electrons. The molecule has 0 atom stereocenters. The number of aryl methyl sites for hydroxylation is 1. The molecule has 1 aliphatic rings. The van der Waals surface area contributed by atoms with E-state index in [0.717, 1.165) is 53.9 Å². The van der Waals surface area contributed by atoms with Crippen LogP contribution in [0.15, 0.2) is 55.1 Å². The maximum Gasteiger partial charge on any atom is 0.257 e. The number of hydrogen-bond acceptors (Lipinski definition) is 7. The van der Waals surface area contributed by atoms with E-state index in [1.54, 1.807) is 35.4 Å². The Morgan fingerprint density at radius 1 is 1.09 bits per heavy atom. The number of carbonyl (C=O) groups excluding carboxylic acids is 1. The Labute approximate surface area is 198 Å². The smallest absolute Gasteiger partial charge is 0.257 e. The SMILES string of the molecule is CN(C)C1CCN(c2cc(C(=O)Nc3cc4nc(-c5cnn(C)c5)ccc4cn3)ccn2)CC1. The van der Waals surface area contributed by atoms with E-state index >= 15 is 0 Å². The average molecular weight is 457 g/mol. The van der Waals surface area contributed by atoms with Crippen molar-refractivity contribution in [1.29, 1.82) is 0 Å². The number of aromatic nitrogens is 5. The average Bonchev–Trinajstić information content (AvgIpc) is 3.30. The third-order valence-electron chi connectivity index (χ3n) is 6.34. The number of amides is 1. The van der Waals surface area contributed by atoms with Gasteiger partial charge in [-0.3, -0.25) is 9.48 Å². The van der Waals surface area contributed by atoms with E-state index in [2.05, 4.69) is 44.3 Å². The van der Waals surface area contributed by atoms with E-state index in [0.29, 0.717) is 17.4 Å². The van der Waals surface area contributed by atoms with Gasteiger partial charge in [-0.25, -0.2) is 15.0 Å². The van der Waals surface area contributed by atoms with Crippen molar-refractivity contribution in [2.45, 2.75) is 18.9 Å². The molecule has 5 heterocycles. The molecule has 5 rings (SSSR count). The predicted molar refractivity (Wildman–Crippen MR) is 133 cm³/mol. The zero-order valence-electron chi connectivity index (χ0n) is 19.6. The van der Waals surface area contributed by atoms with Crippen LogP contribution in [0.5, 0.6) is 0 Å². The van der Waals surface area contributed by atoms with Crippen molar-refractivity contribution < 1.29 is 4.79 Å². The molecule has 1 fully saturated rings. The van der Waals surface area contributed by atoms with Crippen LogP contribution < -0.4 is 10.2 Å². The third-order valence-corrected chi connectivity index (χ3v) is 6.34. The number of carbonyl (C=O) groups is 1. The van der Waals surface area contributed by atoms with Gasteiger partial charge in [-0.2, -0.15) is 5.10 Å². The van der Waals surface area contributed by atoms with E-state index < -0.39 is 0 Å². The lowest BCUT2D eigenvalue weighted by molar-refractivity contribution is 0.102. The minimum Gasteiger partial charge on any atom is -0.356 e. The van der Waals surface area contributed by atoms with Gasteiger partial charge in [-0.1, -0.05) is 0 Å². The van der Waals surface area contributed by atoms with E-state index in [9.17, 15) is 4.79 Å². The van der Waals surface area contributed by atoms with E-state index in [1.807, 2.05) is 31.4 Å². The van der Waals surface area contributed by atoms with Crippen LogP contribution in [0.4, 0.5) is 11.6 Å². The van der Waals surface area contributed by atoms with Crippen LogP contribution in [0.1, 0.15) is 23.2 Å². The summed E-state index contributed by atoms with van der Waals surface area (Å²) >= 11 is 0. The number of anilines is 2. The minimum absolute atomic E-state index is 0.220. The van der Waals surface area contributed by atoms with Crippen LogP contribution in [0.2, 0.25) is 0 Å². The molecule has 0 unspecified atom stereocenters. The van der Waals surface area contributed by atoms with Gasteiger partial charge in [0.2, 0.25) is 0 Å². The summed E-state index contributed by atoms with van der Waals surface area (Å²) in [6, 6.07) is 9.88. The summed E-state index contributed by atoms with van der Waals surface area (Å²) in [5.41, 5.74) is 3.07. The van der Waals surface area contributed by atoms with Crippen molar-refractivity contribution >= 4 is 28.4 Å². The van der Waals surface area contributed by atoms with Crippen LogP contribution in [0.25, 0.3) is 22.2 Å². The number of nitrogens with zero attached hydrogens (tertiary/aromatic N) is 7. The molecule has 4 aromatic rings. The van der Waals surface area contributed by atoms with Crippen LogP contribution in [0, 0.1) is 0 Å². The molecule has 4 aromatic heterocycles. The van der Waals surface area contributed by atoms with Crippen molar-refractivity contribution in [2.75, 3.05) is 37.4 Å². The highest BCUT2D eigenvalue weighted by atomic mass is 16.1. The van der Waals surface area contributed by atoms with Gasteiger partial charge in [-0.15, -0.1) is 0 Å². The van der Waals surface area contributed by atoms with Crippen molar-refractivity contribution in [3.63, 3.8) is 0 Å². The molecular formula is C25H28N8O. The minimum atomic E-state index is -0.220. The Balaban J connectivity index is 1.32. The predicted octanol–water partition coefficient (Wildman–Crippen LogP) is 3.21. The summed E-state index contributed by atoms with van der Waals surface area (Å²) in [5, 5.41) is 8.02. The Bertz CT molecular complexity index is 1320. The first kappa shape index (κ1) is 22.0. The Morgan fingerprint density at radius 3 is 2.65 bits per heavy atom. The van der Waals surface area contributed by atoms with Gasteiger partial charge in [0.15, 0.2) is 0 Å². The molecule has 9 nitrogen and oxygen atoms in total. The molecule has 9 heteroatoms. The maximum atomic E-state index is 13.0. The summed E-state index contributed by atoms with van der Waals surface area (Å²) in [7, 11) is 6.12. The van der Waals surface area contributed by atoms with Gasteiger partial charge in [0.1, 0.15) is 11.6 Å². The van der Waals surface area contributed by atoms with Crippen LogP contribution in [-0.4, -0.2) is 68.8 Å². The fourth-order valence-corrected chi connectivity index (χ4v) is 4.33. The fraction of sp³-hybridized carbons (Fsp3) is 0.320. The summed E-state index contributed by atoms with van der Waals surface area (Å²) in [6.45, 7) is 1.86. The molecule has 174 valence electrons. The highest BCUT2D eigenvalue weighted by molar-refractivity contribution is 6.04. The van der Waals surface area contributed by atoms with Crippen molar-refractivity contribution in [3.05, 3.63) is 60.7 Å². The molecule has 0 bridgehead atoms. The Hall–Kier alpha value is -3.85. The highest BCUT2D eigenvalue weighted by Crippen LogP contribution is 2.23. The van der Waals surface area contributed by atoms with E-state index in [1.165, 1.54) is 0 Å². The van der Waals surface area contributed by atoms with E-state index in [4.69, 9.17) is 4.98 Å². The van der Waals surface area contributed by atoms with Gasteiger partial charge in [0.25, 0.3) is 5.91 Å². The first-order valence-corrected chi connectivity index (χ1v) is 11.4. The Morgan fingerprint density at radius 2 is 1.91 bits per heavy atom. The monoisotopic (exact) mass is 456 g/mol. The molecule has 1 amide bonds. The second-order valence-electron chi connectivity index (χ2n) is 8.90. The molecule has 0 aliphatic carbocycles. The molecule has 1 saturated heterocycles. The quantitative estimate of drug-likeness (QED) is 0.493. The van der Waals surface area contributed by atoms with Gasteiger partial charge in [0, 0.05) is 67.3 Å². The molecule has 0 saturated carbocycles. The molecule has 0 spiro atoms. The number of rotatable bonds is 5. The zero-order valence-corrected chi connectivity index (χ0v) is 19.6. The maximum absolute atomic E-state index is 13.0. The normalized spacial score (nSPS) is 14.6. The fourth-order valence-electron chi connectivity index (χ4n) is 4.33. The standard InChI is InChI=1S/C25H28N8O/c1-31(2)20-7-10-33(11-8-20)24-12-17(6-9-26-24)25(34)30-23-13-22-18(14-27-23)4-5-21(29-22)19-15-28-32(3)16-19/h4-6,9,12-16,20H,7-8,10-11H2,1-3H3,(H,27,30,34). The van der Waals surface area contributed by atoms with Crippen LogP contribution in [0.3, 0.4) is 0 Å². The lowest BCUT2D eigenvalue weighted by Crippen LogP contribution is -2.42. The Kier molecular flexibility index (Phi) is 5.93. The number of hydrogen-bond donors (Lipinski definition) is 1. The lowest BCUT2D eigenvalue weighted by atomic mass is 10.0.